The molecule has 2 aliphatic rings. The van der Waals surface area contributed by atoms with E-state index >= 15 is 0 Å². The molecule has 17 heavy (non-hydrogen) atoms. The van der Waals surface area contributed by atoms with Crippen LogP contribution in [0.15, 0.2) is 24.3 Å². The van der Waals surface area contributed by atoms with Crippen LogP contribution in [0.1, 0.15) is 18.9 Å². The third-order valence-electron chi connectivity index (χ3n) is 3.59. The van der Waals surface area contributed by atoms with Crippen LogP contribution in [0.25, 0.3) is 0 Å². The van der Waals surface area contributed by atoms with Gasteiger partial charge in [-0.15, -0.1) is 0 Å². The third kappa shape index (κ3) is 1.24. The van der Waals surface area contributed by atoms with Gasteiger partial charge in [0.25, 0.3) is 0 Å². The first-order valence-corrected chi connectivity index (χ1v) is 5.77. The van der Waals surface area contributed by atoms with Crippen molar-refractivity contribution in [1.82, 2.24) is 0 Å². The van der Waals surface area contributed by atoms with Crippen LogP contribution >= 0.6 is 0 Å². The van der Waals surface area contributed by atoms with Crippen molar-refractivity contribution < 1.29 is 14.3 Å². The zero-order valence-electron chi connectivity index (χ0n) is 9.53. The molecule has 1 heterocycles. The molecule has 1 amide bonds. The summed E-state index contributed by atoms with van der Waals surface area (Å²) in [5, 5.41) is 2.83. The second kappa shape index (κ2) is 3.32. The van der Waals surface area contributed by atoms with E-state index in [1.54, 1.807) is 6.92 Å². The molecule has 88 valence electrons. The lowest BCUT2D eigenvalue weighted by molar-refractivity contribution is -0.146. The Morgan fingerprint density at radius 2 is 2.29 bits per heavy atom. The molecule has 1 aliphatic heterocycles. The largest absolute Gasteiger partial charge is 0.466 e. The van der Waals surface area contributed by atoms with Gasteiger partial charge in [-0.1, -0.05) is 18.2 Å². The molecule has 2 atom stereocenters. The lowest BCUT2D eigenvalue weighted by atomic mass is 9.95. The van der Waals surface area contributed by atoms with Crippen LogP contribution < -0.4 is 5.32 Å². The van der Waals surface area contributed by atoms with Gasteiger partial charge in [-0.05, 0) is 25.0 Å². The maximum atomic E-state index is 12.0. The summed E-state index contributed by atoms with van der Waals surface area (Å²) in [6, 6.07) is 7.54. The molecule has 0 unspecified atom stereocenters. The number of amides is 1. The molecular formula is C13H13NO3. The molecule has 1 aliphatic carbocycles. The fourth-order valence-electron chi connectivity index (χ4n) is 2.68. The molecule has 4 heteroatoms. The van der Waals surface area contributed by atoms with Crippen LogP contribution in [0.4, 0.5) is 5.69 Å². The Morgan fingerprint density at radius 1 is 1.53 bits per heavy atom. The van der Waals surface area contributed by atoms with Gasteiger partial charge in [-0.3, -0.25) is 9.59 Å². The zero-order valence-corrected chi connectivity index (χ0v) is 9.53. The van der Waals surface area contributed by atoms with E-state index in [1.807, 2.05) is 24.3 Å². The molecular weight excluding hydrogens is 218 g/mol. The number of para-hydroxylation sites is 1. The molecule has 0 saturated heterocycles. The summed E-state index contributed by atoms with van der Waals surface area (Å²) in [5.74, 6) is -0.651. The van der Waals surface area contributed by atoms with E-state index in [4.69, 9.17) is 4.74 Å². The van der Waals surface area contributed by atoms with Gasteiger partial charge >= 0.3 is 5.97 Å². The van der Waals surface area contributed by atoms with Crippen molar-refractivity contribution >= 4 is 17.6 Å². The number of ether oxygens (including phenoxy) is 1. The van der Waals surface area contributed by atoms with E-state index in [1.165, 1.54) is 0 Å². The van der Waals surface area contributed by atoms with Crippen LogP contribution in [0, 0.1) is 5.92 Å². The molecule has 0 radical (unpaired) electrons. The minimum atomic E-state index is -0.650. The normalized spacial score (nSPS) is 28.8. The highest BCUT2D eigenvalue weighted by Gasteiger charge is 2.68. The number of carbonyl (C=O) groups excluding carboxylic acids is 2. The quantitative estimate of drug-likeness (QED) is 0.784. The number of benzene rings is 1. The predicted molar refractivity (Wildman–Crippen MR) is 61.5 cm³/mol. The van der Waals surface area contributed by atoms with E-state index in [-0.39, 0.29) is 17.8 Å². The topological polar surface area (TPSA) is 55.4 Å². The lowest BCUT2D eigenvalue weighted by Crippen LogP contribution is -2.25. The Bertz CT molecular complexity index is 511. The SMILES string of the molecule is CCOC(=O)[C@H]1C[C@]12C(=O)Nc1ccccc12. The summed E-state index contributed by atoms with van der Waals surface area (Å²) in [7, 11) is 0. The summed E-state index contributed by atoms with van der Waals surface area (Å²) in [4.78, 5) is 23.7. The Labute approximate surface area is 99.0 Å². The van der Waals surface area contributed by atoms with E-state index in [2.05, 4.69) is 5.32 Å². The number of nitrogens with one attached hydrogen (secondary N) is 1. The summed E-state index contributed by atoms with van der Waals surface area (Å²) in [6.45, 7) is 2.13. The molecule has 1 N–H and O–H groups in total. The number of fused-ring (bicyclic) bond motifs is 2. The number of rotatable bonds is 2. The first-order valence-electron chi connectivity index (χ1n) is 5.77. The minimum Gasteiger partial charge on any atom is -0.466 e. The van der Waals surface area contributed by atoms with Crippen LogP contribution in [-0.2, 0) is 19.7 Å². The first-order chi connectivity index (χ1) is 8.20. The molecule has 1 aromatic rings. The first kappa shape index (κ1) is 10.3. The lowest BCUT2D eigenvalue weighted by Gasteiger charge is -2.07. The molecule has 1 aromatic carbocycles. The van der Waals surface area contributed by atoms with Gasteiger partial charge in [0.05, 0.1) is 17.9 Å². The van der Waals surface area contributed by atoms with Crippen molar-refractivity contribution in [2.75, 3.05) is 11.9 Å². The summed E-state index contributed by atoms with van der Waals surface area (Å²) in [6.07, 6.45) is 0.564. The van der Waals surface area contributed by atoms with Crippen molar-refractivity contribution in [2.24, 2.45) is 5.92 Å². The molecule has 3 rings (SSSR count). The van der Waals surface area contributed by atoms with Crippen LogP contribution in [0.5, 0.6) is 0 Å². The average Bonchev–Trinajstić information content (AvgIpc) is 3.00. The third-order valence-corrected chi connectivity index (χ3v) is 3.59. The highest BCUT2D eigenvalue weighted by Crippen LogP contribution is 2.60. The minimum absolute atomic E-state index is 0.0725. The number of hydrogen-bond acceptors (Lipinski definition) is 3. The molecule has 1 spiro atoms. The summed E-state index contributed by atoms with van der Waals surface area (Å²) < 4.78 is 5.00. The summed E-state index contributed by atoms with van der Waals surface area (Å²) >= 11 is 0. The van der Waals surface area contributed by atoms with Crippen molar-refractivity contribution in [2.45, 2.75) is 18.8 Å². The van der Waals surface area contributed by atoms with Crippen molar-refractivity contribution in [1.29, 1.82) is 0 Å². The van der Waals surface area contributed by atoms with Gasteiger partial charge in [-0.25, -0.2) is 0 Å². The van der Waals surface area contributed by atoms with Gasteiger partial charge in [0, 0.05) is 5.69 Å². The molecule has 4 nitrogen and oxygen atoms in total. The van der Waals surface area contributed by atoms with Gasteiger partial charge in [0.2, 0.25) is 5.91 Å². The Balaban J connectivity index is 1.96. The zero-order chi connectivity index (χ0) is 12.0. The Kier molecular flexibility index (Phi) is 2.02. The second-order valence-corrected chi connectivity index (χ2v) is 4.48. The van der Waals surface area contributed by atoms with Crippen LogP contribution in [0.3, 0.4) is 0 Å². The Morgan fingerprint density at radius 3 is 3.06 bits per heavy atom. The maximum absolute atomic E-state index is 12.0. The number of hydrogen-bond donors (Lipinski definition) is 1. The van der Waals surface area contributed by atoms with Gasteiger partial charge in [0.1, 0.15) is 0 Å². The van der Waals surface area contributed by atoms with Gasteiger partial charge < -0.3 is 10.1 Å². The van der Waals surface area contributed by atoms with Crippen molar-refractivity contribution in [3.8, 4) is 0 Å². The summed E-state index contributed by atoms with van der Waals surface area (Å²) in [5.41, 5.74) is 1.11. The smallest absolute Gasteiger partial charge is 0.310 e. The van der Waals surface area contributed by atoms with E-state index < -0.39 is 5.41 Å². The monoisotopic (exact) mass is 231 g/mol. The van der Waals surface area contributed by atoms with Crippen molar-refractivity contribution in [3.63, 3.8) is 0 Å². The van der Waals surface area contributed by atoms with Crippen LogP contribution in [0.2, 0.25) is 0 Å². The molecule has 1 fully saturated rings. The maximum Gasteiger partial charge on any atom is 0.310 e. The highest BCUT2D eigenvalue weighted by atomic mass is 16.5. The fraction of sp³-hybridized carbons (Fsp3) is 0.385. The second-order valence-electron chi connectivity index (χ2n) is 4.48. The molecule has 1 saturated carbocycles. The Hall–Kier alpha value is -1.84. The molecule has 0 bridgehead atoms. The standard InChI is InChI=1S/C13H13NO3/c1-2-17-11(15)9-7-13(9)8-5-3-4-6-10(8)14-12(13)16/h3-6,9H,2,7H2,1H3,(H,14,16)/t9-,13-/m1/s1. The highest BCUT2D eigenvalue weighted by molar-refractivity contribution is 6.12. The average molecular weight is 231 g/mol. The van der Waals surface area contributed by atoms with Gasteiger partial charge in [-0.2, -0.15) is 0 Å². The molecule has 0 aromatic heterocycles. The van der Waals surface area contributed by atoms with E-state index in [0.717, 1.165) is 11.3 Å². The predicted octanol–water partition coefficient (Wildman–Crippen LogP) is 1.46. The van der Waals surface area contributed by atoms with E-state index in [9.17, 15) is 9.59 Å². The van der Waals surface area contributed by atoms with Gasteiger partial charge in [0.15, 0.2) is 0 Å². The van der Waals surface area contributed by atoms with Crippen molar-refractivity contribution in [3.05, 3.63) is 29.8 Å². The van der Waals surface area contributed by atoms with Crippen LogP contribution in [-0.4, -0.2) is 18.5 Å². The fourth-order valence-corrected chi connectivity index (χ4v) is 2.68. The number of esters is 1. The number of carbonyl (C=O) groups is 2. The number of anilines is 1. The van der Waals surface area contributed by atoms with E-state index in [0.29, 0.717) is 13.0 Å².